The molecule has 3 heteroatoms. The van der Waals surface area contributed by atoms with E-state index in [-0.39, 0.29) is 5.91 Å². The van der Waals surface area contributed by atoms with Gasteiger partial charge in [-0.1, -0.05) is 43.7 Å². The molecule has 1 heterocycles. The molecule has 0 bridgehead atoms. The van der Waals surface area contributed by atoms with Crippen molar-refractivity contribution in [3.8, 4) is 0 Å². The Bertz CT molecular complexity index is 653. The van der Waals surface area contributed by atoms with Crippen LogP contribution in [0.25, 0.3) is 10.9 Å². The van der Waals surface area contributed by atoms with Crippen molar-refractivity contribution < 1.29 is 4.79 Å². The zero-order valence-electron chi connectivity index (χ0n) is 14.2. The quantitative estimate of drug-likeness (QED) is 0.810. The van der Waals surface area contributed by atoms with Crippen LogP contribution in [0.1, 0.15) is 56.1 Å². The Morgan fingerprint density at radius 3 is 2.91 bits per heavy atom. The second-order valence-corrected chi connectivity index (χ2v) is 7.01. The van der Waals surface area contributed by atoms with Gasteiger partial charge in [0.15, 0.2) is 0 Å². The molecule has 0 spiro atoms. The fraction of sp³-hybridized carbons (Fsp3) is 0.550. The average Bonchev–Trinajstić information content (AvgIpc) is 2.96. The van der Waals surface area contributed by atoms with E-state index in [1.54, 1.807) is 0 Å². The van der Waals surface area contributed by atoms with Gasteiger partial charge in [-0.25, -0.2) is 0 Å². The lowest BCUT2D eigenvalue weighted by Gasteiger charge is -2.20. The molecule has 1 aliphatic rings. The van der Waals surface area contributed by atoms with Gasteiger partial charge < -0.3 is 10.3 Å². The van der Waals surface area contributed by atoms with E-state index in [4.69, 9.17) is 0 Å². The fourth-order valence-electron chi connectivity index (χ4n) is 3.74. The van der Waals surface area contributed by atoms with Crippen LogP contribution in [0.2, 0.25) is 0 Å². The van der Waals surface area contributed by atoms with E-state index in [1.807, 2.05) is 0 Å². The van der Waals surface area contributed by atoms with E-state index in [0.29, 0.717) is 6.42 Å². The Hall–Kier alpha value is -1.77. The van der Waals surface area contributed by atoms with E-state index in [1.165, 1.54) is 54.1 Å². The molecule has 0 radical (unpaired) electrons. The maximum atomic E-state index is 12.0. The summed E-state index contributed by atoms with van der Waals surface area (Å²) in [6.45, 7) is 2.84. The van der Waals surface area contributed by atoms with Crippen LogP contribution in [0.15, 0.2) is 24.4 Å². The summed E-state index contributed by atoms with van der Waals surface area (Å²) in [7, 11) is 0. The lowest BCUT2D eigenvalue weighted by molar-refractivity contribution is -0.121. The molecule has 0 atom stereocenters. The smallest absolute Gasteiger partial charge is 0.220 e. The maximum absolute atomic E-state index is 12.0. The highest BCUT2D eigenvalue weighted by molar-refractivity contribution is 5.84. The third kappa shape index (κ3) is 4.37. The molecular formula is C20H28N2O. The molecule has 2 aromatic rings. The molecular weight excluding hydrogens is 284 g/mol. The Balaban J connectivity index is 1.43. The van der Waals surface area contributed by atoms with Gasteiger partial charge >= 0.3 is 0 Å². The van der Waals surface area contributed by atoms with Crippen molar-refractivity contribution in [2.45, 2.75) is 58.3 Å². The molecule has 1 aromatic carbocycles. The minimum Gasteiger partial charge on any atom is -0.361 e. The third-order valence-corrected chi connectivity index (χ3v) is 5.14. The highest BCUT2D eigenvalue weighted by Crippen LogP contribution is 2.27. The number of rotatable bonds is 6. The van der Waals surface area contributed by atoms with Gasteiger partial charge in [-0.05, 0) is 43.4 Å². The van der Waals surface area contributed by atoms with Crippen molar-refractivity contribution in [3.63, 3.8) is 0 Å². The zero-order valence-corrected chi connectivity index (χ0v) is 14.2. The lowest BCUT2D eigenvalue weighted by atomic mass is 9.86. The van der Waals surface area contributed by atoms with E-state index >= 15 is 0 Å². The van der Waals surface area contributed by atoms with Crippen molar-refractivity contribution >= 4 is 16.8 Å². The minimum absolute atomic E-state index is 0.214. The molecule has 1 saturated carbocycles. The number of H-pyrrole nitrogens is 1. The van der Waals surface area contributed by atoms with Gasteiger partial charge in [-0.15, -0.1) is 0 Å². The number of aromatic nitrogens is 1. The number of benzene rings is 1. The van der Waals surface area contributed by atoms with E-state index in [2.05, 4.69) is 41.6 Å². The minimum atomic E-state index is 0.214. The molecule has 1 aromatic heterocycles. The molecule has 0 unspecified atom stereocenters. The van der Waals surface area contributed by atoms with Crippen LogP contribution in [0, 0.1) is 12.8 Å². The molecule has 0 saturated heterocycles. The summed E-state index contributed by atoms with van der Waals surface area (Å²) in [6.07, 6.45) is 11.4. The van der Waals surface area contributed by atoms with Gasteiger partial charge in [0.05, 0.1) is 0 Å². The van der Waals surface area contributed by atoms with E-state index in [9.17, 15) is 4.79 Å². The van der Waals surface area contributed by atoms with Crippen LogP contribution in [0.3, 0.4) is 0 Å². The summed E-state index contributed by atoms with van der Waals surface area (Å²) in [5.41, 5.74) is 3.74. The molecule has 1 amide bonds. The van der Waals surface area contributed by atoms with Gasteiger partial charge in [-0.2, -0.15) is 0 Å². The predicted octanol–water partition coefficient (Wildman–Crippen LogP) is 4.50. The SMILES string of the molecule is Cc1ccc2[nH]cc(CCNC(=O)CCC3CCCCC3)c2c1. The first-order valence-electron chi connectivity index (χ1n) is 9.05. The van der Waals surface area contributed by atoms with Crippen LogP contribution in [-0.2, 0) is 11.2 Å². The summed E-state index contributed by atoms with van der Waals surface area (Å²) in [5.74, 6) is 0.998. The Labute approximate surface area is 138 Å². The van der Waals surface area contributed by atoms with Crippen LogP contribution >= 0.6 is 0 Å². The number of aromatic amines is 1. The standard InChI is InChI=1S/C20H28N2O/c1-15-7-9-19-18(13-15)17(14-22-19)11-12-21-20(23)10-8-16-5-3-2-4-6-16/h7,9,13-14,16,22H,2-6,8,10-12H2,1H3,(H,21,23). The summed E-state index contributed by atoms with van der Waals surface area (Å²) < 4.78 is 0. The van der Waals surface area contributed by atoms with Gasteiger partial charge in [0.25, 0.3) is 0 Å². The van der Waals surface area contributed by atoms with Crippen LogP contribution < -0.4 is 5.32 Å². The second kappa shape index (κ2) is 7.67. The van der Waals surface area contributed by atoms with Gasteiger partial charge in [-0.3, -0.25) is 4.79 Å². The predicted molar refractivity (Wildman–Crippen MR) is 95.6 cm³/mol. The normalized spacial score (nSPS) is 15.9. The number of hydrogen-bond donors (Lipinski definition) is 2. The molecule has 124 valence electrons. The highest BCUT2D eigenvalue weighted by Gasteiger charge is 2.14. The number of fused-ring (bicyclic) bond motifs is 1. The summed E-state index contributed by atoms with van der Waals surface area (Å²) >= 11 is 0. The van der Waals surface area contributed by atoms with Gasteiger partial charge in [0.2, 0.25) is 5.91 Å². The van der Waals surface area contributed by atoms with Crippen molar-refractivity contribution in [2.75, 3.05) is 6.54 Å². The fourth-order valence-corrected chi connectivity index (χ4v) is 3.74. The van der Waals surface area contributed by atoms with Crippen molar-refractivity contribution in [3.05, 3.63) is 35.5 Å². The first kappa shape index (κ1) is 16.1. The summed E-state index contributed by atoms with van der Waals surface area (Å²) in [4.78, 5) is 15.3. The zero-order chi connectivity index (χ0) is 16.1. The Morgan fingerprint density at radius 1 is 1.26 bits per heavy atom. The van der Waals surface area contributed by atoms with Crippen LogP contribution in [0.5, 0.6) is 0 Å². The third-order valence-electron chi connectivity index (χ3n) is 5.14. The number of aryl methyl sites for hydroxylation is 1. The summed E-state index contributed by atoms with van der Waals surface area (Å²) in [6, 6.07) is 6.46. The van der Waals surface area contributed by atoms with Crippen LogP contribution in [-0.4, -0.2) is 17.4 Å². The number of carbonyl (C=O) groups is 1. The molecule has 1 aliphatic carbocycles. The van der Waals surface area contributed by atoms with Gasteiger partial charge in [0, 0.05) is 30.1 Å². The number of hydrogen-bond acceptors (Lipinski definition) is 1. The molecule has 1 fully saturated rings. The Kier molecular flexibility index (Phi) is 5.37. The van der Waals surface area contributed by atoms with E-state index < -0.39 is 0 Å². The average molecular weight is 312 g/mol. The first-order chi connectivity index (χ1) is 11.2. The topological polar surface area (TPSA) is 44.9 Å². The largest absolute Gasteiger partial charge is 0.361 e. The highest BCUT2D eigenvalue weighted by atomic mass is 16.1. The number of nitrogens with one attached hydrogen (secondary N) is 2. The lowest BCUT2D eigenvalue weighted by Crippen LogP contribution is -2.26. The monoisotopic (exact) mass is 312 g/mol. The Morgan fingerprint density at radius 2 is 2.09 bits per heavy atom. The molecule has 2 N–H and O–H groups in total. The second-order valence-electron chi connectivity index (χ2n) is 7.01. The summed E-state index contributed by atoms with van der Waals surface area (Å²) in [5, 5.41) is 4.37. The molecule has 23 heavy (non-hydrogen) atoms. The van der Waals surface area contributed by atoms with E-state index in [0.717, 1.165) is 25.3 Å². The number of carbonyl (C=O) groups excluding carboxylic acids is 1. The maximum Gasteiger partial charge on any atom is 0.220 e. The molecule has 3 nitrogen and oxygen atoms in total. The molecule has 0 aliphatic heterocycles. The van der Waals surface area contributed by atoms with Gasteiger partial charge in [0.1, 0.15) is 0 Å². The van der Waals surface area contributed by atoms with Crippen molar-refractivity contribution in [2.24, 2.45) is 5.92 Å². The van der Waals surface area contributed by atoms with Crippen LogP contribution in [0.4, 0.5) is 0 Å². The molecule has 3 rings (SSSR count). The number of amides is 1. The van der Waals surface area contributed by atoms with Crippen molar-refractivity contribution in [1.82, 2.24) is 10.3 Å². The van der Waals surface area contributed by atoms with Crippen molar-refractivity contribution in [1.29, 1.82) is 0 Å². The first-order valence-corrected chi connectivity index (χ1v) is 9.05.